The molecular formula is C69H70F2N4S8. The highest BCUT2D eigenvalue weighted by atomic mass is 32.1. The molecule has 0 bridgehead atoms. The number of aryl methyl sites for hydroxylation is 2. The number of hydrogen-bond acceptors (Lipinski definition) is 12. The molecule has 2 aliphatic rings. The fourth-order valence-corrected chi connectivity index (χ4v) is 21.3. The average molecular weight is 1250 g/mol. The van der Waals surface area contributed by atoms with Crippen molar-refractivity contribution in [1.29, 1.82) is 0 Å². The van der Waals surface area contributed by atoms with Crippen LogP contribution in [-0.4, -0.2) is 17.5 Å². The highest BCUT2D eigenvalue weighted by molar-refractivity contribution is 7.24. The van der Waals surface area contributed by atoms with Gasteiger partial charge in [-0.3, -0.25) is 0 Å². The maximum atomic E-state index is 17.4. The van der Waals surface area contributed by atoms with Crippen LogP contribution < -0.4 is 0 Å². The number of hydrogen-bond donors (Lipinski definition) is 0. The first-order valence-corrected chi connectivity index (χ1v) is 36.6. The van der Waals surface area contributed by atoms with E-state index >= 15 is 8.78 Å². The molecule has 2 aliphatic carbocycles. The molecule has 8 heterocycles. The van der Waals surface area contributed by atoms with Gasteiger partial charge >= 0.3 is 0 Å². The molecule has 3 aromatic carbocycles. The Morgan fingerprint density at radius 1 is 0.373 bits per heavy atom. The molecule has 2 atom stereocenters. The normalized spacial score (nSPS) is 16.2. The van der Waals surface area contributed by atoms with Crippen molar-refractivity contribution in [3.63, 3.8) is 0 Å². The van der Waals surface area contributed by atoms with Crippen LogP contribution in [0.15, 0.2) is 84.9 Å². The molecule has 0 radical (unpaired) electrons. The van der Waals surface area contributed by atoms with Crippen LogP contribution in [0.5, 0.6) is 0 Å². The average Bonchev–Trinajstić information content (AvgIpc) is 1.68. The van der Waals surface area contributed by atoms with E-state index < -0.39 is 0 Å². The van der Waals surface area contributed by atoms with E-state index in [1.165, 1.54) is 186 Å². The van der Waals surface area contributed by atoms with Crippen molar-refractivity contribution < 1.29 is 8.78 Å². The summed E-state index contributed by atoms with van der Waals surface area (Å²) in [6.07, 6.45) is 22.7. The topological polar surface area (TPSA) is 51.6 Å². The van der Waals surface area contributed by atoms with Crippen molar-refractivity contribution in [2.75, 3.05) is 0 Å². The molecule has 83 heavy (non-hydrogen) atoms. The van der Waals surface area contributed by atoms with Crippen LogP contribution in [0.3, 0.4) is 0 Å². The largest absolute Gasteiger partial charge is 0.206 e. The second-order valence-electron chi connectivity index (χ2n) is 23.6. The molecule has 0 N–H and O–H groups in total. The fourth-order valence-electron chi connectivity index (χ4n) is 13.3. The van der Waals surface area contributed by atoms with E-state index in [1.54, 1.807) is 68.8 Å². The molecule has 0 aliphatic heterocycles. The number of benzene rings is 3. The molecule has 14 heteroatoms. The van der Waals surface area contributed by atoms with E-state index in [4.69, 9.17) is 17.5 Å². The number of fused-ring (bicyclic) bond motifs is 8. The lowest BCUT2D eigenvalue weighted by atomic mass is 9.73. The minimum atomic E-state index is -0.303. The third-order valence-electron chi connectivity index (χ3n) is 17.9. The van der Waals surface area contributed by atoms with Gasteiger partial charge < -0.3 is 0 Å². The summed E-state index contributed by atoms with van der Waals surface area (Å²) in [4.78, 5) is 13.9. The van der Waals surface area contributed by atoms with Gasteiger partial charge in [0.1, 0.15) is 33.7 Å². The minimum Gasteiger partial charge on any atom is -0.206 e. The second kappa shape index (κ2) is 24.3. The van der Waals surface area contributed by atoms with E-state index in [1.807, 2.05) is 11.3 Å². The van der Waals surface area contributed by atoms with Gasteiger partial charge in [-0.05, 0) is 151 Å². The molecule has 2 unspecified atom stereocenters. The van der Waals surface area contributed by atoms with Gasteiger partial charge in [0.2, 0.25) is 0 Å². The first-order valence-electron chi connectivity index (χ1n) is 30.2. The maximum Gasteiger partial charge on any atom is 0.134 e. The molecular weight excluding hydrogens is 1180 g/mol. The predicted octanol–water partition coefficient (Wildman–Crippen LogP) is 24.9. The van der Waals surface area contributed by atoms with Gasteiger partial charge in [0.25, 0.3) is 0 Å². The molecule has 428 valence electrons. The van der Waals surface area contributed by atoms with Crippen LogP contribution in [-0.2, 0) is 17.3 Å². The zero-order valence-electron chi connectivity index (χ0n) is 48.3. The zero-order chi connectivity index (χ0) is 57.0. The van der Waals surface area contributed by atoms with Crippen LogP contribution in [0.4, 0.5) is 8.78 Å². The molecule has 11 aromatic rings. The van der Waals surface area contributed by atoms with Crippen molar-refractivity contribution >= 4 is 114 Å². The van der Waals surface area contributed by atoms with Gasteiger partial charge in [-0.1, -0.05) is 131 Å². The van der Waals surface area contributed by atoms with E-state index in [0.717, 1.165) is 73.8 Å². The quantitative estimate of drug-likeness (QED) is 0.0535. The Kier molecular flexibility index (Phi) is 16.8. The number of halogens is 2. The smallest absolute Gasteiger partial charge is 0.134 e. The van der Waals surface area contributed by atoms with E-state index in [-0.39, 0.29) is 22.5 Å². The molecule has 0 amide bonds. The van der Waals surface area contributed by atoms with Gasteiger partial charge in [-0.2, -0.15) is 17.5 Å². The highest BCUT2D eigenvalue weighted by Gasteiger charge is 2.47. The Labute approximate surface area is 520 Å². The molecule has 0 saturated carbocycles. The highest BCUT2D eigenvalue weighted by Crippen LogP contribution is 2.63. The van der Waals surface area contributed by atoms with Crippen LogP contribution in [0, 0.1) is 18.6 Å². The van der Waals surface area contributed by atoms with Gasteiger partial charge in [-0.15, -0.1) is 68.0 Å². The summed E-state index contributed by atoms with van der Waals surface area (Å²) >= 11 is 12.9. The van der Waals surface area contributed by atoms with E-state index in [2.05, 4.69) is 114 Å². The van der Waals surface area contributed by atoms with Crippen molar-refractivity contribution in [2.24, 2.45) is 0 Å². The van der Waals surface area contributed by atoms with Crippen LogP contribution >= 0.6 is 91.5 Å². The lowest BCUT2D eigenvalue weighted by Crippen LogP contribution is -2.22. The van der Waals surface area contributed by atoms with Crippen molar-refractivity contribution in [2.45, 2.75) is 174 Å². The molecule has 8 aromatic heterocycles. The lowest BCUT2D eigenvalue weighted by molar-refractivity contribution is 0.477. The number of aromatic nitrogens is 4. The molecule has 0 fully saturated rings. The Hall–Kier alpha value is -4.64. The summed E-state index contributed by atoms with van der Waals surface area (Å²) in [7, 11) is 0. The summed E-state index contributed by atoms with van der Waals surface area (Å²) in [5, 5.41) is 0. The predicted molar refractivity (Wildman–Crippen MR) is 361 cm³/mol. The van der Waals surface area contributed by atoms with Gasteiger partial charge in [0, 0.05) is 80.5 Å². The monoisotopic (exact) mass is 1250 g/mol. The summed E-state index contributed by atoms with van der Waals surface area (Å²) in [5.41, 5.74) is 12.8. The zero-order valence-corrected chi connectivity index (χ0v) is 54.9. The van der Waals surface area contributed by atoms with Gasteiger partial charge in [0.15, 0.2) is 0 Å². The Morgan fingerprint density at radius 3 is 1.27 bits per heavy atom. The third-order valence-corrected chi connectivity index (χ3v) is 26.1. The van der Waals surface area contributed by atoms with Crippen LogP contribution in [0.25, 0.3) is 104 Å². The Bertz CT molecular complexity index is 4140. The standard InChI is InChI=1S/C69H70F2N4S8/c1-7-10-13-16-18-21-32-68(5)46-35-43-47(34-42(46)66-48(68)38-58(80-66)60-50(70)36-44(62-64(60)74-82-72-62)52-28-30-56(78-52)54-26-24-40(4)76-54)69(6,33-22-19-17-14-11-8-2)49-39-59(81-67(43)49)61-51(71)37-45(63-65(61)75-83-73-63)53-29-31-57(79-53)55-27-25-41(77-55)23-20-15-12-9-3/h24-31,34-39H,7-23,32-33H2,1-6H3. The summed E-state index contributed by atoms with van der Waals surface area (Å²) in [6, 6.07) is 30.6. The Balaban J connectivity index is 0.883. The number of rotatable bonds is 25. The molecule has 13 rings (SSSR count). The van der Waals surface area contributed by atoms with Crippen molar-refractivity contribution in [1.82, 2.24) is 17.5 Å². The number of unbranched alkanes of at least 4 members (excludes halogenated alkanes) is 13. The first-order chi connectivity index (χ1) is 40.5. The van der Waals surface area contributed by atoms with Gasteiger partial charge in [-0.25, -0.2) is 8.78 Å². The van der Waals surface area contributed by atoms with E-state index in [0.29, 0.717) is 22.2 Å². The summed E-state index contributed by atoms with van der Waals surface area (Å²) in [6.45, 7) is 13.9. The number of nitrogens with zero attached hydrogens (tertiary/aromatic N) is 4. The van der Waals surface area contributed by atoms with E-state index in [9.17, 15) is 0 Å². The van der Waals surface area contributed by atoms with Crippen molar-refractivity contribution in [3.8, 4) is 82.2 Å². The molecule has 0 saturated heterocycles. The molecule has 4 nitrogen and oxygen atoms in total. The fraction of sp³-hybridized carbons (Fsp3) is 0.391. The second-order valence-corrected chi connectivity index (χ2v) is 31.4. The third kappa shape index (κ3) is 10.6. The van der Waals surface area contributed by atoms with Crippen LogP contribution in [0.1, 0.15) is 182 Å². The number of thiophene rings is 6. The minimum absolute atomic E-state index is 0.249. The summed E-state index contributed by atoms with van der Waals surface area (Å²) < 4.78 is 54.1. The van der Waals surface area contributed by atoms with Crippen molar-refractivity contribution in [3.05, 3.63) is 129 Å². The van der Waals surface area contributed by atoms with Gasteiger partial charge in [0.05, 0.1) is 34.6 Å². The molecule has 0 spiro atoms. The SMILES string of the molecule is CCCCCCCCC1(C)c2cc3c(cc2-c2sc(-c4c(F)cc(-c5ccc(-c6ccc(C)s6)s5)c5nsnc45)cc21)C(C)(CCCCCCCC)c1cc(-c2c(F)cc(-c4ccc(-c5ccc(CCCCCC)s5)s4)c4nsnc24)sc1-3. The maximum absolute atomic E-state index is 17.4. The Morgan fingerprint density at radius 2 is 0.783 bits per heavy atom. The summed E-state index contributed by atoms with van der Waals surface area (Å²) in [5.74, 6) is -0.505. The lowest BCUT2D eigenvalue weighted by Gasteiger charge is -2.30. The first kappa shape index (κ1) is 57.4. The van der Waals surface area contributed by atoms with Crippen LogP contribution in [0.2, 0.25) is 0 Å².